The number of amides is 1. The Bertz CT molecular complexity index is 789. The first kappa shape index (κ1) is 13.5. The van der Waals surface area contributed by atoms with Crippen LogP contribution < -0.4 is 5.32 Å². The predicted molar refractivity (Wildman–Crippen MR) is 85.6 cm³/mol. The lowest BCUT2D eigenvalue weighted by Gasteiger charge is -2.20. The molecule has 1 amide bonds. The molecule has 0 radical (unpaired) electrons. The monoisotopic (exact) mass is 312 g/mol. The van der Waals surface area contributed by atoms with Gasteiger partial charge in [-0.2, -0.15) is 5.10 Å². The third kappa shape index (κ3) is 2.50. The molecule has 0 bridgehead atoms. The molecule has 1 atom stereocenters. The lowest BCUT2D eigenvalue weighted by Crippen LogP contribution is -2.33. The first-order chi connectivity index (χ1) is 10.8. The zero-order chi connectivity index (χ0) is 14.9. The number of carbonyl (C=O) groups is 1. The van der Waals surface area contributed by atoms with Crippen LogP contribution >= 0.6 is 11.3 Å². The van der Waals surface area contributed by atoms with E-state index in [1.807, 2.05) is 24.4 Å². The van der Waals surface area contributed by atoms with Crippen molar-refractivity contribution in [1.82, 2.24) is 20.5 Å². The summed E-state index contributed by atoms with van der Waals surface area (Å²) >= 11 is 1.63. The van der Waals surface area contributed by atoms with Crippen molar-refractivity contribution in [3.63, 3.8) is 0 Å². The Hall–Kier alpha value is -2.21. The topological polar surface area (TPSA) is 70.7 Å². The summed E-state index contributed by atoms with van der Waals surface area (Å²) in [5.74, 6) is 0.141. The van der Waals surface area contributed by atoms with Gasteiger partial charge in [0.15, 0.2) is 0 Å². The van der Waals surface area contributed by atoms with Crippen LogP contribution in [0.1, 0.15) is 22.7 Å². The molecule has 1 aliphatic carbocycles. The highest BCUT2D eigenvalue weighted by Gasteiger charge is 2.25. The molecule has 2 aromatic heterocycles. The Morgan fingerprint density at radius 1 is 1.41 bits per heavy atom. The smallest absolute Gasteiger partial charge is 0.223 e. The second-order valence-corrected chi connectivity index (χ2v) is 6.72. The second kappa shape index (κ2) is 5.53. The van der Waals surface area contributed by atoms with E-state index in [4.69, 9.17) is 0 Å². The molecule has 0 spiro atoms. The first-order valence-electron chi connectivity index (χ1n) is 7.43. The van der Waals surface area contributed by atoms with Crippen LogP contribution in [0.15, 0.2) is 30.5 Å². The van der Waals surface area contributed by atoms with E-state index in [0.717, 1.165) is 40.2 Å². The minimum atomic E-state index is 0.0299. The molecule has 0 saturated carbocycles. The van der Waals surface area contributed by atoms with Gasteiger partial charge in [0.25, 0.3) is 0 Å². The summed E-state index contributed by atoms with van der Waals surface area (Å²) < 4.78 is 1.16. The minimum Gasteiger partial charge on any atom is -0.349 e. The molecule has 3 aromatic rings. The van der Waals surface area contributed by atoms with Gasteiger partial charge in [0.1, 0.15) is 5.01 Å². The highest BCUT2D eigenvalue weighted by Crippen LogP contribution is 2.24. The summed E-state index contributed by atoms with van der Waals surface area (Å²) in [6.45, 7) is 0.504. The molecular weight excluding hydrogens is 296 g/mol. The number of hydrogen-bond donors (Lipinski definition) is 2. The molecule has 0 saturated heterocycles. The fourth-order valence-corrected chi connectivity index (χ4v) is 3.84. The van der Waals surface area contributed by atoms with Crippen LogP contribution in [-0.2, 0) is 24.2 Å². The van der Waals surface area contributed by atoms with Crippen molar-refractivity contribution in [2.45, 2.75) is 25.8 Å². The Kier molecular flexibility index (Phi) is 3.38. The number of hydrogen-bond acceptors (Lipinski definition) is 4. The Morgan fingerprint density at radius 2 is 2.32 bits per heavy atom. The van der Waals surface area contributed by atoms with Crippen molar-refractivity contribution < 1.29 is 4.79 Å². The van der Waals surface area contributed by atoms with Crippen LogP contribution in [0, 0.1) is 5.92 Å². The van der Waals surface area contributed by atoms with Crippen LogP contribution in [0.3, 0.4) is 0 Å². The maximum atomic E-state index is 12.3. The van der Waals surface area contributed by atoms with E-state index in [2.05, 4.69) is 26.6 Å². The lowest BCUT2D eigenvalue weighted by molar-refractivity contribution is -0.125. The molecule has 0 aliphatic heterocycles. The van der Waals surface area contributed by atoms with Gasteiger partial charge >= 0.3 is 0 Å². The molecule has 5 nitrogen and oxygen atoms in total. The van der Waals surface area contributed by atoms with E-state index in [-0.39, 0.29) is 11.8 Å². The zero-order valence-electron chi connectivity index (χ0n) is 12.0. The second-order valence-electron chi connectivity index (χ2n) is 5.61. The third-order valence-electron chi connectivity index (χ3n) is 4.14. The lowest BCUT2D eigenvalue weighted by atomic mass is 9.87. The number of aryl methyl sites for hydroxylation is 1. The van der Waals surface area contributed by atoms with Crippen LogP contribution in [-0.4, -0.2) is 21.1 Å². The van der Waals surface area contributed by atoms with E-state index in [1.165, 1.54) is 5.56 Å². The number of para-hydroxylation sites is 1. The number of rotatable bonds is 3. The number of benzene rings is 1. The average Bonchev–Trinajstić information content (AvgIpc) is 3.17. The molecule has 1 unspecified atom stereocenters. The number of aromatic nitrogens is 3. The molecule has 4 rings (SSSR count). The van der Waals surface area contributed by atoms with Crippen LogP contribution in [0.5, 0.6) is 0 Å². The molecule has 22 heavy (non-hydrogen) atoms. The van der Waals surface area contributed by atoms with E-state index >= 15 is 0 Å². The molecule has 2 heterocycles. The molecule has 112 valence electrons. The Balaban J connectivity index is 1.40. The number of H-pyrrole nitrogens is 1. The van der Waals surface area contributed by atoms with Gasteiger partial charge < -0.3 is 5.32 Å². The standard InChI is InChI=1S/C16H16N4OS/c21-16(10-5-6-11-8-18-20-13(11)7-10)17-9-15-19-12-3-1-2-4-14(12)22-15/h1-4,8,10H,5-7,9H2,(H,17,21)(H,18,20). The number of thiazole rings is 1. The van der Waals surface area contributed by atoms with Gasteiger partial charge in [-0.15, -0.1) is 11.3 Å². The molecule has 6 heteroatoms. The maximum absolute atomic E-state index is 12.3. The highest BCUT2D eigenvalue weighted by molar-refractivity contribution is 7.18. The van der Waals surface area contributed by atoms with Gasteiger partial charge in [-0.25, -0.2) is 4.98 Å². The van der Waals surface area contributed by atoms with Crippen LogP contribution in [0.2, 0.25) is 0 Å². The minimum absolute atomic E-state index is 0.0299. The van der Waals surface area contributed by atoms with E-state index in [0.29, 0.717) is 6.54 Å². The number of fused-ring (bicyclic) bond motifs is 2. The number of nitrogens with one attached hydrogen (secondary N) is 2. The summed E-state index contributed by atoms with van der Waals surface area (Å²) in [5.41, 5.74) is 3.35. The first-order valence-corrected chi connectivity index (χ1v) is 8.24. The summed E-state index contributed by atoms with van der Waals surface area (Å²) in [6, 6.07) is 8.04. The number of aromatic amines is 1. The van der Waals surface area contributed by atoms with Gasteiger partial charge in [-0.3, -0.25) is 9.89 Å². The number of nitrogens with zero attached hydrogens (tertiary/aromatic N) is 2. The molecule has 0 fully saturated rings. The summed E-state index contributed by atoms with van der Waals surface area (Å²) in [6.07, 6.45) is 4.43. The summed E-state index contributed by atoms with van der Waals surface area (Å²) in [5, 5.41) is 11.0. The van der Waals surface area contributed by atoms with Crippen LogP contribution in [0.25, 0.3) is 10.2 Å². The fourth-order valence-electron chi connectivity index (χ4n) is 2.93. The molecule has 1 aromatic carbocycles. The van der Waals surface area contributed by atoms with E-state index in [9.17, 15) is 4.79 Å². The fraction of sp³-hybridized carbons (Fsp3) is 0.312. The summed E-state index contributed by atoms with van der Waals surface area (Å²) in [4.78, 5) is 16.9. The van der Waals surface area contributed by atoms with E-state index in [1.54, 1.807) is 11.3 Å². The maximum Gasteiger partial charge on any atom is 0.223 e. The van der Waals surface area contributed by atoms with Crippen molar-refractivity contribution in [3.05, 3.63) is 46.7 Å². The molecule has 1 aliphatic rings. The Morgan fingerprint density at radius 3 is 3.23 bits per heavy atom. The van der Waals surface area contributed by atoms with Crippen LogP contribution in [0.4, 0.5) is 0 Å². The number of carbonyl (C=O) groups excluding carboxylic acids is 1. The quantitative estimate of drug-likeness (QED) is 0.780. The SMILES string of the molecule is O=C(NCc1nc2ccccc2s1)C1CCc2cn[nH]c2C1. The van der Waals surface area contributed by atoms with Gasteiger partial charge in [-0.1, -0.05) is 12.1 Å². The van der Waals surface area contributed by atoms with Crippen molar-refractivity contribution >= 4 is 27.5 Å². The van der Waals surface area contributed by atoms with Crippen molar-refractivity contribution in [3.8, 4) is 0 Å². The predicted octanol–water partition coefficient (Wildman–Crippen LogP) is 2.44. The van der Waals surface area contributed by atoms with Crippen molar-refractivity contribution in [2.75, 3.05) is 0 Å². The highest BCUT2D eigenvalue weighted by atomic mass is 32.1. The summed E-state index contributed by atoms with van der Waals surface area (Å²) in [7, 11) is 0. The normalized spacial score (nSPS) is 17.4. The largest absolute Gasteiger partial charge is 0.349 e. The van der Waals surface area contributed by atoms with Gasteiger partial charge in [0.05, 0.1) is 23.0 Å². The van der Waals surface area contributed by atoms with Gasteiger partial charge in [0.2, 0.25) is 5.91 Å². The Labute approximate surface area is 131 Å². The van der Waals surface area contributed by atoms with Gasteiger partial charge in [0, 0.05) is 18.0 Å². The van der Waals surface area contributed by atoms with Crippen molar-refractivity contribution in [2.24, 2.45) is 5.92 Å². The third-order valence-corrected chi connectivity index (χ3v) is 5.18. The van der Waals surface area contributed by atoms with E-state index < -0.39 is 0 Å². The van der Waals surface area contributed by atoms with Crippen molar-refractivity contribution in [1.29, 1.82) is 0 Å². The molecular formula is C16H16N4OS. The zero-order valence-corrected chi connectivity index (χ0v) is 12.8. The average molecular weight is 312 g/mol. The molecule has 2 N–H and O–H groups in total. The van der Waals surface area contributed by atoms with Gasteiger partial charge in [-0.05, 0) is 30.5 Å².